The summed E-state index contributed by atoms with van der Waals surface area (Å²) >= 11 is 3.46. The van der Waals surface area contributed by atoms with Crippen molar-refractivity contribution in [2.75, 3.05) is 37.2 Å². The molecule has 2 aromatic rings. The lowest BCUT2D eigenvalue weighted by Gasteiger charge is -2.33. The number of hydrogen-bond acceptors (Lipinski definition) is 4. The third-order valence-electron chi connectivity index (χ3n) is 5.10. The second kappa shape index (κ2) is 9.38. The molecule has 0 bridgehead atoms. The lowest BCUT2D eigenvalue weighted by Crippen LogP contribution is -2.48. The monoisotopic (exact) mass is 479 g/mol. The maximum atomic E-state index is 12.6. The van der Waals surface area contributed by atoms with Crippen LogP contribution in [0.3, 0.4) is 0 Å². The molecule has 0 unspecified atom stereocenters. The van der Waals surface area contributed by atoms with Gasteiger partial charge < -0.3 is 5.32 Å². The van der Waals surface area contributed by atoms with E-state index >= 15 is 0 Å². The average molecular weight is 480 g/mol. The molecule has 29 heavy (non-hydrogen) atoms. The van der Waals surface area contributed by atoms with Gasteiger partial charge in [-0.2, -0.15) is 4.31 Å². The van der Waals surface area contributed by atoms with Crippen LogP contribution in [-0.2, 0) is 16.6 Å². The van der Waals surface area contributed by atoms with Crippen molar-refractivity contribution in [2.24, 2.45) is 0 Å². The van der Waals surface area contributed by atoms with Crippen LogP contribution < -0.4 is 5.32 Å². The van der Waals surface area contributed by atoms with E-state index in [4.69, 9.17) is 0 Å². The lowest BCUT2D eigenvalue weighted by atomic mass is 10.1. The van der Waals surface area contributed by atoms with Gasteiger partial charge in [-0.1, -0.05) is 28.1 Å². The molecule has 0 radical (unpaired) electrons. The number of anilines is 1. The number of halogens is 1. The van der Waals surface area contributed by atoms with Crippen LogP contribution in [0.1, 0.15) is 28.4 Å². The summed E-state index contributed by atoms with van der Waals surface area (Å²) in [5.41, 5.74) is 3.46. The number of amides is 1. The van der Waals surface area contributed by atoms with E-state index in [1.807, 2.05) is 43.3 Å². The third-order valence-corrected chi connectivity index (χ3v) is 7.87. The number of piperazine rings is 1. The average Bonchev–Trinajstić information content (AvgIpc) is 2.71. The molecule has 1 aliphatic heterocycles. The smallest absolute Gasteiger partial charge is 0.255 e. The highest BCUT2D eigenvalue weighted by atomic mass is 79.9. The van der Waals surface area contributed by atoms with E-state index < -0.39 is 10.0 Å². The number of rotatable bonds is 6. The van der Waals surface area contributed by atoms with Crippen LogP contribution in [0.15, 0.2) is 46.9 Å². The number of benzene rings is 2. The molecule has 1 saturated heterocycles. The maximum absolute atomic E-state index is 12.6. The van der Waals surface area contributed by atoms with E-state index in [0.717, 1.165) is 21.3 Å². The van der Waals surface area contributed by atoms with Crippen LogP contribution >= 0.6 is 15.9 Å². The highest BCUT2D eigenvalue weighted by molar-refractivity contribution is 9.10. The summed E-state index contributed by atoms with van der Waals surface area (Å²) in [6.45, 7) is 6.75. The number of hydrogen-bond donors (Lipinski definition) is 1. The molecule has 1 N–H and O–H groups in total. The van der Waals surface area contributed by atoms with Crippen molar-refractivity contribution in [3.8, 4) is 0 Å². The minimum absolute atomic E-state index is 0.141. The van der Waals surface area contributed by atoms with Crippen molar-refractivity contribution in [3.63, 3.8) is 0 Å². The van der Waals surface area contributed by atoms with E-state index in [0.29, 0.717) is 38.3 Å². The van der Waals surface area contributed by atoms with Gasteiger partial charge in [0, 0.05) is 48.4 Å². The van der Waals surface area contributed by atoms with Crippen LogP contribution in [0.25, 0.3) is 0 Å². The highest BCUT2D eigenvalue weighted by Crippen LogP contribution is 2.21. The largest absolute Gasteiger partial charge is 0.322 e. The lowest BCUT2D eigenvalue weighted by molar-refractivity contribution is 0.102. The van der Waals surface area contributed by atoms with Crippen molar-refractivity contribution in [1.29, 1.82) is 0 Å². The highest BCUT2D eigenvalue weighted by Gasteiger charge is 2.25. The number of sulfonamides is 1. The zero-order valence-electron chi connectivity index (χ0n) is 16.7. The molecular formula is C21H26BrN3O3S. The van der Waals surface area contributed by atoms with Crippen molar-refractivity contribution < 1.29 is 13.2 Å². The number of aryl methyl sites for hydroxylation is 1. The van der Waals surface area contributed by atoms with Gasteiger partial charge in [0.1, 0.15) is 0 Å². The van der Waals surface area contributed by atoms with E-state index in [9.17, 15) is 13.2 Å². The fraction of sp³-hybridized carbons (Fsp3) is 0.381. The minimum atomic E-state index is -3.12. The summed E-state index contributed by atoms with van der Waals surface area (Å²) in [6.07, 6.45) is 0. The molecule has 1 heterocycles. The summed E-state index contributed by atoms with van der Waals surface area (Å²) in [7, 11) is -3.12. The maximum Gasteiger partial charge on any atom is 0.255 e. The molecule has 1 amide bonds. The number of carbonyl (C=O) groups excluding carboxylic acids is 1. The Morgan fingerprint density at radius 1 is 1.10 bits per heavy atom. The zero-order valence-corrected chi connectivity index (χ0v) is 19.1. The van der Waals surface area contributed by atoms with Gasteiger partial charge in [0.15, 0.2) is 0 Å². The summed E-state index contributed by atoms with van der Waals surface area (Å²) < 4.78 is 26.5. The summed E-state index contributed by atoms with van der Waals surface area (Å²) in [5.74, 6) is -0.00498. The van der Waals surface area contributed by atoms with Crippen molar-refractivity contribution >= 4 is 37.5 Å². The van der Waals surface area contributed by atoms with Gasteiger partial charge in [0.2, 0.25) is 10.0 Å². The van der Waals surface area contributed by atoms with Crippen LogP contribution in [-0.4, -0.2) is 55.5 Å². The second-order valence-corrected chi connectivity index (χ2v) is 10.3. The van der Waals surface area contributed by atoms with Gasteiger partial charge in [0.05, 0.1) is 5.75 Å². The van der Waals surface area contributed by atoms with E-state index in [1.54, 1.807) is 17.3 Å². The van der Waals surface area contributed by atoms with E-state index in [2.05, 4.69) is 26.1 Å². The Bertz CT molecular complexity index is 986. The number of nitrogens with zero attached hydrogens (tertiary/aromatic N) is 2. The number of nitrogens with one attached hydrogen (secondary N) is 1. The fourth-order valence-electron chi connectivity index (χ4n) is 3.34. The Kier molecular flexibility index (Phi) is 7.10. The molecule has 8 heteroatoms. The molecule has 3 rings (SSSR count). The molecule has 1 fully saturated rings. The molecule has 0 atom stereocenters. The molecule has 6 nitrogen and oxygen atoms in total. The predicted molar refractivity (Wildman–Crippen MR) is 120 cm³/mol. The fourth-order valence-corrected chi connectivity index (χ4v) is 4.67. The summed E-state index contributed by atoms with van der Waals surface area (Å²) in [4.78, 5) is 14.9. The first kappa shape index (κ1) is 22.0. The van der Waals surface area contributed by atoms with Crippen molar-refractivity contribution in [2.45, 2.75) is 20.4 Å². The third kappa shape index (κ3) is 5.66. The topological polar surface area (TPSA) is 69.7 Å². The molecule has 2 aromatic carbocycles. The molecule has 0 aliphatic carbocycles. The van der Waals surface area contributed by atoms with Crippen LogP contribution in [0, 0.1) is 6.92 Å². The molecule has 0 aromatic heterocycles. The Labute approximate surface area is 181 Å². The Balaban J connectivity index is 1.61. The first-order valence-corrected chi connectivity index (χ1v) is 12.1. The molecule has 1 aliphatic rings. The second-order valence-electron chi connectivity index (χ2n) is 7.19. The minimum Gasteiger partial charge on any atom is -0.322 e. The van der Waals surface area contributed by atoms with Crippen LogP contribution in [0.4, 0.5) is 5.69 Å². The van der Waals surface area contributed by atoms with E-state index in [1.165, 1.54) is 0 Å². The Hall–Kier alpha value is -1.74. The first-order valence-electron chi connectivity index (χ1n) is 9.65. The molecule has 0 saturated carbocycles. The molecule has 0 spiro atoms. The van der Waals surface area contributed by atoms with Gasteiger partial charge in [-0.15, -0.1) is 0 Å². The quantitative estimate of drug-likeness (QED) is 0.688. The molecule has 156 valence electrons. The SMILES string of the molecule is CCS(=O)(=O)N1CCN(Cc2cccc(C(=O)Nc3ccc(Br)c(C)c3)c2)CC1. The standard InChI is InChI=1S/C21H26BrN3O3S/c1-3-29(27,28)25-11-9-24(10-12-25)15-17-5-4-6-18(14-17)21(26)23-19-7-8-20(22)16(2)13-19/h4-8,13-14H,3,9-12,15H2,1-2H3,(H,23,26). The summed E-state index contributed by atoms with van der Waals surface area (Å²) in [5, 5.41) is 2.94. The Morgan fingerprint density at radius 2 is 1.83 bits per heavy atom. The van der Waals surface area contributed by atoms with Gasteiger partial charge in [-0.25, -0.2) is 8.42 Å². The van der Waals surface area contributed by atoms with Crippen LogP contribution in [0.2, 0.25) is 0 Å². The van der Waals surface area contributed by atoms with Crippen LogP contribution in [0.5, 0.6) is 0 Å². The predicted octanol–water partition coefficient (Wildman–Crippen LogP) is 3.48. The number of carbonyl (C=O) groups is 1. The Morgan fingerprint density at radius 3 is 2.48 bits per heavy atom. The van der Waals surface area contributed by atoms with Crippen molar-refractivity contribution in [3.05, 3.63) is 63.6 Å². The van der Waals surface area contributed by atoms with Gasteiger partial charge >= 0.3 is 0 Å². The van der Waals surface area contributed by atoms with Gasteiger partial charge in [-0.3, -0.25) is 9.69 Å². The summed E-state index contributed by atoms with van der Waals surface area (Å²) in [6, 6.07) is 13.3. The zero-order chi connectivity index (χ0) is 21.0. The molecular weight excluding hydrogens is 454 g/mol. The van der Waals surface area contributed by atoms with E-state index in [-0.39, 0.29) is 11.7 Å². The van der Waals surface area contributed by atoms with Gasteiger partial charge in [-0.05, 0) is 55.3 Å². The first-order chi connectivity index (χ1) is 13.8. The van der Waals surface area contributed by atoms with Crippen molar-refractivity contribution in [1.82, 2.24) is 9.21 Å². The van der Waals surface area contributed by atoms with Gasteiger partial charge in [0.25, 0.3) is 5.91 Å². The normalized spacial score (nSPS) is 16.0.